The highest BCUT2D eigenvalue weighted by Gasteiger charge is 2.48. The maximum Gasteiger partial charge on any atom is 0.129 e. The molecule has 0 N–H and O–H groups in total. The minimum atomic E-state index is -0.275. The van der Waals surface area contributed by atoms with E-state index in [1.807, 2.05) is 0 Å². The van der Waals surface area contributed by atoms with Gasteiger partial charge in [0.25, 0.3) is 0 Å². The van der Waals surface area contributed by atoms with Crippen molar-refractivity contribution in [3.8, 4) is 0 Å². The summed E-state index contributed by atoms with van der Waals surface area (Å²) in [4.78, 5) is 12.4. The molecule has 0 aromatic heterocycles. The lowest BCUT2D eigenvalue weighted by atomic mass is 9.73. The fraction of sp³-hybridized carbons (Fsp3) is 0.455. The number of hydrogen-bond donors (Lipinski definition) is 0. The van der Waals surface area contributed by atoms with Gasteiger partial charge in [-0.05, 0) is 63.5 Å². The van der Waals surface area contributed by atoms with Gasteiger partial charge in [0.05, 0.1) is 0 Å². The monoisotopic (exact) mass is 322 g/mol. The van der Waals surface area contributed by atoms with Gasteiger partial charge in [-0.15, -0.1) is 0 Å². The van der Waals surface area contributed by atoms with Gasteiger partial charge >= 0.3 is 0 Å². The van der Waals surface area contributed by atoms with Gasteiger partial charge in [0.1, 0.15) is 11.2 Å². The summed E-state index contributed by atoms with van der Waals surface area (Å²) in [5, 5.41) is 0. The van der Waals surface area contributed by atoms with Crippen LogP contribution in [0.4, 0.5) is 0 Å². The second-order valence-electron chi connectivity index (χ2n) is 7.59. The first-order chi connectivity index (χ1) is 11.6. The Kier molecular flexibility index (Phi) is 3.98. The Morgan fingerprint density at radius 3 is 1.29 bits per heavy atom. The summed E-state index contributed by atoms with van der Waals surface area (Å²) in [6, 6.07) is 17.5. The molecule has 2 aliphatic heterocycles. The summed E-state index contributed by atoms with van der Waals surface area (Å²) in [6.45, 7) is 4.25. The predicted molar refractivity (Wildman–Crippen MR) is 95.6 cm³/mol. The minimum Gasteiger partial charge on any atom is -0.224 e. The molecule has 2 atom stereocenters. The Bertz CT molecular complexity index is 628. The van der Waals surface area contributed by atoms with Crippen LogP contribution in [0.1, 0.15) is 60.8 Å². The van der Waals surface area contributed by atoms with Crippen molar-refractivity contribution in [1.29, 1.82) is 0 Å². The minimum absolute atomic E-state index is 0.275. The largest absolute Gasteiger partial charge is 0.224 e. The number of fused-ring (bicyclic) bond motifs is 5. The van der Waals surface area contributed by atoms with Crippen molar-refractivity contribution in [2.75, 3.05) is 0 Å². The summed E-state index contributed by atoms with van der Waals surface area (Å²) in [6.07, 6.45) is 6.49. The van der Waals surface area contributed by atoms with E-state index in [1.54, 1.807) is 0 Å². The van der Waals surface area contributed by atoms with Gasteiger partial charge in [0.2, 0.25) is 0 Å². The molecule has 3 fully saturated rings. The first-order valence-corrected chi connectivity index (χ1v) is 9.13. The van der Waals surface area contributed by atoms with Crippen LogP contribution in [0.2, 0.25) is 0 Å². The van der Waals surface area contributed by atoms with Crippen molar-refractivity contribution in [1.82, 2.24) is 0 Å². The first-order valence-electron chi connectivity index (χ1n) is 9.13. The summed E-state index contributed by atoms with van der Waals surface area (Å²) < 4.78 is 0. The molecule has 2 heteroatoms. The molecular weight excluding hydrogens is 296 g/mol. The molecule has 126 valence electrons. The average molecular weight is 322 g/mol. The number of hydrogen-bond acceptors (Lipinski definition) is 2. The van der Waals surface area contributed by atoms with Crippen LogP contribution in [0.5, 0.6) is 0 Å². The van der Waals surface area contributed by atoms with Crippen LogP contribution in [0, 0.1) is 13.8 Å². The molecule has 2 heterocycles. The van der Waals surface area contributed by atoms with Crippen molar-refractivity contribution < 1.29 is 9.78 Å². The molecule has 0 spiro atoms. The number of aryl methyl sites for hydroxylation is 2. The summed E-state index contributed by atoms with van der Waals surface area (Å²) in [7, 11) is 0. The van der Waals surface area contributed by atoms with Crippen LogP contribution < -0.4 is 0 Å². The molecule has 3 aliphatic rings. The van der Waals surface area contributed by atoms with Gasteiger partial charge < -0.3 is 0 Å². The molecule has 2 bridgehead atoms. The molecule has 1 saturated carbocycles. The summed E-state index contributed by atoms with van der Waals surface area (Å²) in [5.74, 6) is 0. The van der Waals surface area contributed by atoms with E-state index < -0.39 is 0 Å². The average Bonchev–Trinajstić information content (AvgIpc) is 2.58. The van der Waals surface area contributed by atoms with Crippen molar-refractivity contribution in [3.63, 3.8) is 0 Å². The fourth-order valence-corrected chi connectivity index (χ4v) is 4.19. The maximum atomic E-state index is 6.18. The summed E-state index contributed by atoms with van der Waals surface area (Å²) in [5.41, 5.74) is 4.53. The zero-order chi connectivity index (χ0) is 16.6. The Labute approximate surface area is 144 Å². The molecule has 2 aromatic carbocycles. The lowest BCUT2D eigenvalue weighted by Crippen LogP contribution is -2.45. The molecule has 2 nitrogen and oxygen atoms in total. The van der Waals surface area contributed by atoms with E-state index >= 15 is 0 Å². The quantitative estimate of drug-likeness (QED) is 0.659. The van der Waals surface area contributed by atoms with Crippen LogP contribution in [0.3, 0.4) is 0 Å². The molecule has 0 radical (unpaired) electrons. The third kappa shape index (κ3) is 2.68. The van der Waals surface area contributed by atoms with Crippen LogP contribution in [-0.4, -0.2) is 0 Å². The molecule has 2 saturated heterocycles. The van der Waals surface area contributed by atoms with Crippen molar-refractivity contribution in [2.45, 2.75) is 63.6 Å². The Morgan fingerprint density at radius 2 is 0.958 bits per heavy atom. The molecule has 1 aliphatic carbocycles. The zero-order valence-electron chi connectivity index (χ0n) is 14.7. The second-order valence-corrected chi connectivity index (χ2v) is 7.59. The lowest BCUT2D eigenvalue weighted by molar-refractivity contribution is -0.458. The van der Waals surface area contributed by atoms with Gasteiger partial charge in [0.15, 0.2) is 0 Å². The van der Waals surface area contributed by atoms with E-state index in [1.165, 1.54) is 35.1 Å². The topological polar surface area (TPSA) is 18.5 Å². The second kappa shape index (κ2) is 6.02. The number of rotatable bonds is 2. The third-order valence-electron chi connectivity index (χ3n) is 5.86. The SMILES string of the molecule is Cc1ccc([C@@]23CCCC[C@@](c4ccc(C)cc4)(CC2)OO3)cc1. The molecule has 24 heavy (non-hydrogen) atoms. The van der Waals surface area contributed by atoms with Crippen LogP contribution in [0.15, 0.2) is 48.5 Å². The van der Waals surface area contributed by atoms with Crippen molar-refractivity contribution in [2.24, 2.45) is 0 Å². The van der Waals surface area contributed by atoms with E-state index in [2.05, 4.69) is 62.4 Å². The van der Waals surface area contributed by atoms with Crippen molar-refractivity contribution in [3.05, 3.63) is 70.8 Å². The first kappa shape index (κ1) is 15.9. The number of benzene rings is 2. The normalized spacial score (nSPS) is 29.9. The predicted octanol–water partition coefficient (Wildman–Crippen LogP) is 5.71. The van der Waals surface area contributed by atoms with E-state index in [9.17, 15) is 0 Å². The molecule has 5 rings (SSSR count). The van der Waals surface area contributed by atoms with Gasteiger partial charge in [0, 0.05) is 0 Å². The van der Waals surface area contributed by atoms with Gasteiger partial charge in [-0.25, -0.2) is 9.78 Å². The Balaban J connectivity index is 1.65. The molecule has 0 amide bonds. The van der Waals surface area contributed by atoms with Gasteiger partial charge in [-0.1, -0.05) is 59.7 Å². The molecule has 2 aromatic rings. The zero-order valence-corrected chi connectivity index (χ0v) is 14.7. The van der Waals surface area contributed by atoms with Crippen LogP contribution >= 0.6 is 0 Å². The maximum absolute atomic E-state index is 6.18. The third-order valence-corrected chi connectivity index (χ3v) is 5.86. The highest BCUT2D eigenvalue weighted by atomic mass is 17.2. The van der Waals surface area contributed by atoms with E-state index in [0.29, 0.717) is 0 Å². The smallest absolute Gasteiger partial charge is 0.129 e. The highest BCUT2D eigenvalue weighted by molar-refractivity contribution is 5.30. The van der Waals surface area contributed by atoms with Crippen LogP contribution in [-0.2, 0) is 21.0 Å². The lowest BCUT2D eigenvalue weighted by Gasteiger charge is -2.47. The Morgan fingerprint density at radius 1 is 0.583 bits per heavy atom. The highest BCUT2D eigenvalue weighted by Crippen LogP contribution is 2.51. The Hall–Kier alpha value is -1.64. The molecule has 0 unspecified atom stereocenters. The van der Waals surface area contributed by atoms with E-state index in [4.69, 9.17) is 9.78 Å². The van der Waals surface area contributed by atoms with Gasteiger partial charge in [-0.3, -0.25) is 0 Å². The van der Waals surface area contributed by atoms with E-state index in [-0.39, 0.29) is 11.2 Å². The molecular formula is C22H26O2. The van der Waals surface area contributed by atoms with E-state index in [0.717, 1.165) is 25.7 Å². The van der Waals surface area contributed by atoms with Crippen LogP contribution in [0.25, 0.3) is 0 Å². The summed E-state index contributed by atoms with van der Waals surface area (Å²) >= 11 is 0. The fourth-order valence-electron chi connectivity index (χ4n) is 4.19. The van der Waals surface area contributed by atoms with Crippen molar-refractivity contribution >= 4 is 0 Å². The van der Waals surface area contributed by atoms with Gasteiger partial charge in [-0.2, -0.15) is 0 Å². The standard InChI is InChI=1S/C22H26O2/c1-17-5-9-19(10-6-17)21-13-3-4-14-22(16-15-21,24-23-21)20-11-7-18(2)8-12-20/h5-12H,3-4,13-16H2,1-2H3/t21-,22+.